The van der Waals surface area contributed by atoms with E-state index in [0.29, 0.717) is 5.56 Å². The summed E-state index contributed by atoms with van der Waals surface area (Å²) < 4.78 is 5.32. The molecule has 2 amide bonds. The molecule has 1 aliphatic heterocycles. The Kier molecular flexibility index (Phi) is 6.01. The van der Waals surface area contributed by atoms with Gasteiger partial charge >= 0.3 is 5.97 Å². The van der Waals surface area contributed by atoms with Gasteiger partial charge in [0.15, 0.2) is 12.4 Å². The number of aryl methyl sites for hydroxylation is 2. The van der Waals surface area contributed by atoms with Crippen LogP contribution in [0.1, 0.15) is 38.3 Å². The Labute approximate surface area is 214 Å². The molecule has 2 aromatic rings. The molecule has 2 saturated carbocycles. The summed E-state index contributed by atoms with van der Waals surface area (Å²) in [7, 11) is 0. The maximum atomic E-state index is 13.4. The zero-order chi connectivity index (χ0) is 24.3. The highest BCUT2D eigenvalue weighted by atomic mass is 79.9. The Balaban J connectivity index is 1.36. The number of esters is 1. The van der Waals surface area contributed by atoms with Crippen LogP contribution in [-0.2, 0) is 14.3 Å². The van der Waals surface area contributed by atoms with Gasteiger partial charge in [0.2, 0.25) is 11.8 Å². The third-order valence-corrected chi connectivity index (χ3v) is 10.7. The molecule has 34 heavy (non-hydrogen) atoms. The Morgan fingerprint density at radius 1 is 0.941 bits per heavy atom. The average molecular weight is 589 g/mol. The molecule has 8 heteroatoms. The molecule has 0 N–H and O–H groups in total. The Bertz CT molecular complexity index is 1200. The van der Waals surface area contributed by atoms with Crippen LogP contribution in [-0.4, -0.2) is 39.8 Å². The van der Waals surface area contributed by atoms with Gasteiger partial charge < -0.3 is 4.74 Å². The molecule has 2 bridgehead atoms. The summed E-state index contributed by atoms with van der Waals surface area (Å²) in [6, 6.07) is 11.7. The van der Waals surface area contributed by atoms with Gasteiger partial charge in [0.05, 0.1) is 23.1 Å². The maximum absolute atomic E-state index is 13.4. The highest BCUT2D eigenvalue weighted by Crippen LogP contribution is 2.60. The molecule has 2 aliphatic carbocycles. The predicted molar refractivity (Wildman–Crippen MR) is 133 cm³/mol. The number of para-hydroxylation sites is 1. The van der Waals surface area contributed by atoms with Crippen LogP contribution >= 0.6 is 31.9 Å². The van der Waals surface area contributed by atoms with E-state index in [9.17, 15) is 19.2 Å². The SMILES string of the molecule is Cc1ccc(C(=O)COC(=O)c2ccccc2N2C(=O)[C@H]3[C@@H]4C[C@H]([C@@H](Br)[C@H]4Br)[C@@H]3C2=O)cc1C. The molecule has 2 aromatic carbocycles. The molecule has 0 radical (unpaired) electrons. The largest absolute Gasteiger partial charge is 0.454 e. The van der Waals surface area contributed by atoms with Crippen LogP contribution in [0.25, 0.3) is 0 Å². The molecule has 0 aromatic heterocycles. The molecule has 6 atom stereocenters. The predicted octanol–water partition coefficient (Wildman–Crippen LogP) is 4.63. The number of nitrogens with zero attached hydrogens (tertiary/aromatic N) is 1. The number of rotatable bonds is 5. The van der Waals surface area contributed by atoms with E-state index in [0.717, 1.165) is 22.4 Å². The number of fused-ring (bicyclic) bond motifs is 5. The quantitative estimate of drug-likeness (QED) is 0.220. The van der Waals surface area contributed by atoms with Gasteiger partial charge in [-0.1, -0.05) is 56.1 Å². The van der Waals surface area contributed by atoms with E-state index in [1.165, 1.54) is 6.07 Å². The van der Waals surface area contributed by atoms with Gasteiger partial charge in [-0.3, -0.25) is 14.4 Å². The highest BCUT2D eigenvalue weighted by molar-refractivity contribution is 9.12. The Hall–Kier alpha value is -2.32. The first-order valence-corrected chi connectivity index (χ1v) is 13.1. The number of hydrogen-bond acceptors (Lipinski definition) is 5. The van der Waals surface area contributed by atoms with Crippen molar-refractivity contribution in [3.63, 3.8) is 0 Å². The van der Waals surface area contributed by atoms with Gasteiger partial charge in [-0.05, 0) is 61.4 Å². The molecule has 0 unspecified atom stereocenters. The van der Waals surface area contributed by atoms with Crippen molar-refractivity contribution < 1.29 is 23.9 Å². The van der Waals surface area contributed by atoms with Gasteiger partial charge in [-0.25, -0.2) is 9.69 Å². The van der Waals surface area contributed by atoms with Crippen molar-refractivity contribution in [2.45, 2.75) is 29.9 Å². The third-order valence-electron chi connectivity index (χ3n) is 7.52. The lowest BCUT2D eigenvalue weighted by atomic mass is 9.81. The maximum Gasteiger partial charge on any atom is 0.340 e. The first-order valence-electron chi connectivity index (χ1n) is 11.2. The van der Waals surface area contributed by atoms with Crippen molar-refractivity contribution in [2.24, 2.45) is 23.7 Å². The second-order valence-electron chi connectivity index (χ2n) is 9.33. The number of amides is 2. The molecule has 176 valence electrons. The summed E-state index contributed by atoms with van der Waals surface area (Å²) in [5.41, 5.74) is 2.82. The molecule has 0 spiro atoms. The van der Waals surface area contributed by atoms with Crippen molar-refractivity contribution in [1.82, 2.24) is 0 Å². The molecule has 1 saturated heterocycles. The topological polar surface area (TPSA) is 80.8 Å². The lowest BCUT2D eigenvalue weighted by molar-refractivity contribution is -0.123. The molecular formula is C26H23Br2NO5. The van der Waals surface area contributed by atoms with E-state index < -0.39 is 12.6 Å². The van der Waals surface area contributed by atoms with Gasteiger partial charge in [0.1, 0.15) is 0 Å². The smallest absolute Gasteiger partial charge is 0.340 e. The molecule has 3 aliphatic rings. The number of imide groups is 1. The minimum Gasteiger partial charge on any atom is -0.454 e. The number of anilines is 1. The minimum atomic E-state index is -0.745. The number of alkyl halides is 2. The highest BCUT2D eigenvalue weighted by Gasteiger charge is 2.66. The van der Waals surface area contributed by atoms with Crippen LogP contribution < -0.4 is 4.90 Å². The van der Waals surface area contributed by atoms with E-state index >= 15 is 0 Å². The Morgan fingerprint density at radius 2 is 1.56 bits per heavy atom. The number of carbonyl (C=O) groups is 4. The normalized spacial score (nSPS) is 29.5. The van der Waals surface area contributed by atoms with Crippen molar-refractivity contribution in [2.75, 3.05) is 11.5 Å². The molecule has 1 heterocycles. The van der Waals surface area contributed by atoms with Crippen molar-refractivity contribution in [3.8, 4) is 0 Å². The number of ketones is 1. The van der Waals surface area contributed by atoms with Crippen LogP contribution in [0.4, 0.5) is 5.69 Å². The van der Waals surface area contributed by atoms with E-state index in [2.05, 4.69) is 31.9 Å². The fourth-order valence-electron chi connectivity index (χ4n) is 5.63. The van der Waals surface area contributed by atoms with Crippen LogP contribution in [0.5, 0.6) is 0 Å². The summed E-state index contributed by atoms with van der Waals surface area (Å²) in [5, 5.41) is 0. The van der Waals surface area contributed by atoms with Crippen LogP contribution in [0.2, 0.25) is 0 Å². The van der Waals surface area contributed by atoms with E-state index in [-0.39, 0.29) is 62.2 Å². The zero-order valence-corrected chi connectivity index (χ0v) is 21.8. The number of Topliss-reactive ketones (excluding diaryl/α,β-unsaturated/α-hetero) is 1. The van der Waals surface area contributed by atoms with Gasteiger partial charge in [-0.2, -0.15) is 0 Å². The van der Waals surface area contributed by atoms with E-state index in [1.807, 2.05) is 19.9 Å². The zero-order valence-electron chi connectivity index (χ0n) is 18.7. The molecule has 6 nitrogen and oxygen atoms in total. The van der Waals surface area contributed by atoms with Gasteiger partial charge in [0.25, 0.3) is 0 Å². The first-order chi connectivity index (χ1) is 16.2. The summed E-state index contributed by atoms with van der Waals surface area (Å²) >= 11 is 7.37. The van der Waals surface area contributed by atoms with Crippen LogP contribution in [0, 0.1) is 37.5 Å². The lowest BCUT2D eigenvalue weighted by Crippen LogP contribution is -2.37. The van der Waals surface area contributed by atoms with E-state index in [1.54, 1.807) is 30.3 Å². The Morgan fingerprint density at radius 3 is 2.18 bits per heavy atom. The minimum absolute atomic E-state index is 0.0792. The second kappa shape index (κ2) is 8.72. The van der Waals surface area contributed by atoms with Gasteiger partial charge in [0, 0.05) is 15.2 Å². The number of halogens is 2. The number of benzene rings is 2. The van der Waals surface area contributed by atoms with Crippen molar-refractivity contribution >= 4 is 61.1 Å². The summed E-state index contributed by atoms with van der Waals surface area (Å²) in [6.45, 7) is 3.44. The third kappa shape index (κ3) is 3.57. The lowest BCUT2D eigenvalue weighted by Gasteiger charge is -2.28. The first kappa shape index (κ1) is 23.4. The summed E-state index contributed by atoms with van der Waals surface area (Å²) in [5.74, 6) is -2.20. The number of hydrogen-bond donors (Lipinski definition) is 0. The fraction of sp³-hybridized carbons (Fsp3) is 0.385. The number of ether oxygens (including phenoxy) is 1. The van der Waals surface area contributed by atoms with Crippen LogP contribution in [0.15, 0.2) is 42.5 Å². The standard InChI is InChI=1S/C26H23Br2NO5/c1-12-7-8-14(9-13(12)2)19(30)11-34-26(33)15-5-3-4-6-18(15)29-24(31)20-16-10-17(21(20)25(29)32)23(28)22(16)27/h3-9,16-17,20-23H,10-11H2,1-2H3/t16-,17-,20-,21-,22-,23+/m0/s1. The average Bonchev–Trinajstić information content (AvgIpc) is 3.43. The monoisotopic (exact) mass is 587 g/mol. The molecule has 5 rings (SSSR count). The van der Waals surface area contributed by atoms with Crippen molar-refractivity contribution in [1.29, 1.82) is 0 Å². The summed E-state index contributed by atoms with van der Waals surface area (Å²) in [4.78, 5) is 53.7. The molecule has 3 fully saturated rings. The van der Waals surface area contributed by atoms with Crippen molar-refractivity contribution in [3.05, 3.63) is 64.7 Å². The van der Waals surface area contributed by atoms with E-state index in [4.69, 9.17) is 4.74 Å². The summed E-state index contributed by atoms with van der Waals surface area (Å²) in [6.07, 6.45) is 0.830. The second-order valence-corrected chi connectivity index (χ2v) is 11.4. The number of carbonyl (C=O) groups excluding carboxylic acids is 4. The fourth-order valence-corrected chi connectivity index (χ4v) is 7.51. The molecular weight excluding hydrogens is 566 g/mol. The van der Waals surface area contributed by atoms with Crippen LogP contribution in [0.3, 0.4) is 0 Å². The van der Waals surface area contributed by atoms with Gasteiger partial charge in [-0.15, -0.1) is 0 Å².